The third-order valence-electron chi connectivity index (χ3n) is 4.82. The molecule has 1 amide bonds. The van der Waals surface area contributed by atoms with Gasteiger partial charge >= 0.3 is 0 Å². The number of primary amides is 1. The lowest BCUT2D eigenvalue weighted by Crippen LogP contribution is -2.27. The predicted octanol–water partition coefficient (Wildman–Crippen LogP) is 1.09. The molecule has 1 aliphatic rings. The van der Waals surface area contributed by atoms with Gasteiger partial charge in [-0.2, -0.15) is 0 Å². The molecule has 0 aromatic carbocycles. The maximum absolute atomic E-state index is 12.1. The van der Waals surface area contributed by atoms with E-state index >= 15 is 0 Å². The van der Waals surface area contributed by atoms with Crippen molar-refractivity contribution in [2.75, 3.05) is 35.4 Å². The molecule has 29 heavy (non-hydrogen) atoms. The smallest absolute Gasteiger partial charge is 0.269 e. The molecule has 10 nitrogen and oxygen atoms in total. The quantitative estimate of drug-likeness (QED) is 0.551. The van der Waals surface area contributed by atoms with Gasteiger partial charge in [-0.1, -0.05) is 0 Å². The normalized spacial score (nSPS) is 18.2. The molecule has 156 valence electrons. The lowest BCUT2D eigenvalue weighted by molar-refractivity contribution is 0.0996. The fourth-order valence-corrected chi connectivity index (χ4v) is 5.29. The van der Waals surface area contributed by atoms with Gasteiger partial charge in [0.1, 0.15) is 17.4 Å². The van der Waals surface area contributed by atoms with Crippen LogP contribution in [0.25, 0.3) is 0 Å². The van der Waals surface area contributed by atoms with E-state index in [1.165, 1.54) is 7.11 Å². The van der Waals surface area contributed by atoms with Crippen molar-refractivity contribution in [3.8, 4) is 5.75 Å². The number of carbonyl (C=O) groups excluding carboxylic acids is 1. The SMILES string of the molecule is COc1cc(C)nc(Nc2c(C(N)=O)nc(N)c(C3CCCS(=O)(=O)C3)c2N)c1. The zero-order chi connectivity index (χ0) is 21.3. The number of anilines is 4. The monoisotopic (exact) mass is 420 g/mol. The van der Waals surface area contributed by atoms with Crippen molar-refractivity contribution in [1.29, 1.82) is 0 Å². The Kier molecular flexibility index (Phi) is 5.51. The zero-order valence-corrected chi connectivity index (χ0v) is 17.0. The number of rotatable bonds is 5. The van der Waals surface area contributed by atoms with Crippen LogP contribution in [-0.4, -0.2) is 42.9 Å². The molecule has 1 atom stereocenters. The summed E-state index contributed by atoms with van der Waals surface area (Å²) in [6.07, 6.45) is 1.10. The molecule has 0 saturated carbocycles. The summed E-state index contributed by atoms with van der Waals surface area (Å²) in [5, 5.41) is 2.98. The number of pyridine rings is 2. The summed E-state index contributed by atoms with van der Waals surface area (Å²) in [5.41, 5.74) is 19.1. The van der Waals surface area contributed by atoms with Crippen molar-refractivity contribution in [3.05, 3.63) is 29.1 Å². The minimum atomic E-state index is -3.21. The number of aryl methyl sites for hydroxylation is 1. The molecule has 1 fully saturated rings. The summed E-state index contributed by atoms with van der Waals surface area (Å²) in [4.78, 5) is 20.4. The molecule has 0 aliphatic carbocycles. The summed E-state index contributed by atoms with van der Waals surface area (Å²) in [5.74, 6) is -0.259. The molecular weight excluding hydrogens is 396 g/mol. The summed E-state index contributed by atoms with van der Waals surface area (Å²) < 4.78 is 29.4. The number of amides is 1. The second-order valence-corrected chi connectivity index (χ2v) is 9.25. The van der Waals surface area contributed by atoms with E-state index in [0.29, 0.717) is 35.7 Å². The van der Waals surface area contributed by atoms with Crippen molar-refractivity contribution < 1.29 is 17.9 Å². The van der Waals surface area contributed by atoms with Crippen molar-refractivity contribution in [3.63, 3.8) is 0 Å². The molecule has 1 unspecified atom stereocenters. The minimum absolute atomic E-state index is 0.00117. The summed E-state index contributed by atoms with van der Waals surface area (Å²) >= 11 is 0. The Morgan fingerprint density at radius 1 is 1.28 bits per heavy atom. The number of nitrogens with zero attached hydrogens (tertiary/aromatic N) is 2. The Morgan fingerprint density at radius 3 is 2.62 bits per heavy atom. The standard InChI is InChI=1S/C18H24N6O4S/c1-9-6-11(28-2)7-12(22-9)23-15-14(19)13(17(20)24-16(15)18(21)25)10-4-3-5-29(26,27)8-10/h6-7,10H,3-5,8H2,1-2H3,(H2,21,25)(H,22,23)(H4,19,20,24). The summed E-state index contributed by atoms with van der Waals surface area (Å²) in [7, 11) is -1.68. The Labute approximate surface area is 168 Å². The second kappa shape index (κ2) is 7.74. The molecule has 0 radical (unpaired) electrons. The largest absolute Gasteiger partial charge is 0.497 e. The van der Waals surface area contributed by atoms with E-state index in [2.05, 4.69) is 15.3 Å². The number of methoxy groups -OCH3 is 1. The highest BCUT2D eigenvalue weighted by molar-refractivity contribution is 7.91. The van der Waals surface area contributed by atoms with Crippen molar-refractivity contribution in [2.45, 2.75) is 25.7 Å². The average Bonchev–Trinajstić information content (AvgIpc) is 2.62. The molecule has 2 aromatic heterocycles. The zero-order valence-electron chi connectivity index (χ0n) is 16.2. The molecule has 2 aromatic rings. The van der Waals surface area contributed by atoms with E-state index in [9.17, 15) is 13.2 Å². The van der Waals surface area contributed by atoms with Crippen LogP contribution in [0.1, 0.15) is 40.5 Å². The minimum Gasteiger partial charge on any atom is -0.497 e. The number of nitrogen functional groups attached to an aromatic ring is 2. The van der Waals surface area contributed by atoms with Gasteiger partial charge in [0.15, 0.2) is 15.5 Å². The molecular formula is C18H24N6O4S. The summed E-state index contributed by atoms with van der Waals surface area (Å²) in [6.45, 7) is 1.78. The number of hydrogen-bond donors (Lipinski definition) is 4. The van der Waals surface area contributed by atoms with Crippen molar-refractivity contribution >= 4 is 38.8 Å². The van der Waals surface area contributed by atoms with Crippen molar-refractivity contribution in [1.82, 2.24) is 9.97 Å². The van der Waals surface area contributed by atoms with E-state index in [1.54, 1.807) is 19.1 Å². The number of nitrogens with two attached hydrogens (primary N) is 3. The van der Waals surface area contributed by atoms with Crippen LogP contribution in [0, 0.1) is 6.92 Å². The third-order valence-corrected chi connectivity index (χ3v) is 6.65. The van der Waals surface area contributed by atoms with Gasteiger partial charge in [0.05, 0.1) is 30.0 Å². The molecule has 1 aliphatic heterocycles. The Hall–Kier alpha value is -3.08. The fourth-order valence-electron chi connectivity index (χ4n) is 3.57. The maximum atomic E-state index is 12.1. The first kappa shape index (κ1) is 20.6. The van der Waals surface area contributed by atoms with Gasteiger partial charge in [-0.05, 0) is 19.8 Å². The highest BCUT2D eigenvalue weighted by Gasteiger charge is 2.31. The first-order chi connectivity index (χ1) is 13.6. The van der Waals surface area contributed by atoms with Crippen LogP contribution in [-0.2, 0) is 9.84 Å². The molecule has 3 heterocycles. The van der Waals surface area contributed by atoms with Gasteiger partial charge < -0.3 is 27.3 Å². The summed E-state index contributed by atoms with van der Waals surface area (Å²) in [6, 6.07) is 3.36. The van der Waals surface area contributed by atoms with Crippen LogP contribution in [0.5, 0.6) is 5.75 Å². The fraction of sp³-hybridized carbons (Fsp3) is 0.389. The number of sulfone groups is 1. The van der Waals surface area contributed by atoms with E-state index in [1.807, 2.05) is 0 Å². The van der Waals surface area contributed by atoms with Crippen LogP contribution >= 0.6 is 0 Å². The molecule has 0 spiro atoms. The number of hydrogen-bond acceptors (Lipinski definition) is 9. The van der Waals surface area contributed by atoms with Gasteiger partial charge in [-0.3, -0.25) is 4.79 Å². The number of ether oxygens (including phenoxy) is 1. The van der Waals surface area contributed by atoms with Gasteiger partial charge in [-0.15, -0.1) is 0 Å². The molecule has 11 heteroatoms. The van der Waals surface area contributed by atoms with Crippen molar-refractivity contribution in [2.24, 2.45) is 5.73 Å². The molecule has 7 N–H and O–H groups in total. The third kappa shape index (κ3) is 4.34. The second-order valence-electron chi connectivity index (χ2n) is 7.02. The van der Waals surface area contributed by atoms with Gasteiger partial charge in [0, 0.05) is 29.3 Å². The Bertz CT molecular complexity index is 1070. The predicted molar refractivity (Wildman–Crippen MR) is 111 cm³/mol. The highest BCUT2D eigenvalue weighted by atomic mass is 32.2. The number of aromatic nitrogens is 2. The van der Waals surface area contributed by atoms with Crippen LogP contribution in [0.3, 0.4) is 0 Å². The molecule has 0 bridgehead atoms. The first-order valence-electron chi connectivity index (χ1n) is 9.00. The highest BCUT2D eigenvalue weighted by Crippen LogP contribution is 2.40. The molecule has 1 saturated heterocycles. The average molecular weight is 420 g/mol. The van der Waals surface area contributed by atoms with Gasteiger partial charge in [-0.25, -0.2) is 18.4 Å². The van der Waals surface area contributed by atoms with Crippen LogP contribution < -0.4 is 27.3 Å². The Balaban J connectivity index is 2.12. The maximum Gasteiger partial charge on any atom is 0.269 e. The number of nitrogens with one attached hydrogen (secondary N) is 1. The van der Waals surface area contributed by atoms with Crippen LogP contribution in [0.2, 0.25) is 0 Å². The lowest BCUT2D eigenvalue weighted by Gasteiger charge is -2.26. The topological polar surface area (TPSA) is 176 Å². The molecule has 3 rings (SSSR count). The number of carbonyl (C=O) groups is 1. The lowest BCUT2D eigenvalue weighted by atomic mass is 9.93. The van der Waals surface area contributed by atoms with Gasteiger partial charge in [0.25, 0.3) is 5.91 Å². The van der Waals surface area contributed by atoms with E-state index in [0.717, 1.165) is 0 Å². The van der Waals surface area contributed by atoms with Crippen LogP contribution in [0.4, 0.5) is 23.0 Å². The van der Waals surface area contributed by atoms with E-state index < -0.39 is 21.7 Å². The van der Waals surface area contributed by atoms with Gasteiger partial charge in [0.2, 0.25) is 0 Å². The van der Waals surface area contributed by atoms with E-state index in [-0.39, 0.29) is 34.4 Å². The van der Waals surface area contributed by atoms with E-state index in [4.69, 9.17) is 21.9 Å². The Morgan fingerprint density at radius 2 is 2.00 bits per heavy atom. The first-order valence-corrected chi connectivity index (χ1v) is 10.8. The van der Waals surface area contributed by atoms with Crippen LogP contribution in [0.15, 0.2) is 12.1 Å².